The van der Waals surface area contributed by atoms with Crippen LogP contribution in [-0.2, 0) is 21.2 Å². The number of rotatable bonds is 7. The van der Waals surface area contributed by atoms with E-state index < -0.39 is 9.84 Å². The fourth-order valence-electron chi connectivity index (χ4n) is 2.74. The predicted octanol–water partition coefficient (Wildman–Crippen LogP) is 4.21. The summed E-state index contributed by atoms with van der Waals surface area (Å²) in [4.78, 5) is 12.4. The van der Waals surface area contributed by atoms with Gasteiger partial charge in [-0.1, -0.05) is 59.6 Å². The normalized spacial score (nSPS) is 11.1. The van der Waals surface area contributed by atoms with Gasteiger partial charge in [-0.05, 0) is 42.8 Å². The lowest BCUT2D eigenvalue weighted by atomic mass is 10.2. The molecule has 0 atom stereocenters. The average molecular weight is 429 g/mol. The highest BCUT2D eigenvalue weighted by Gasteiger charge is 2.22. The first-order chi connectivity index (χ1) is 13.9. The van der Waals surface area contributed by atoms with Crippen molar-refractivity contribution in [3.8, 4) is 0 Å². The first kappa shape index (κ1) is 20.9. The summed E-state index contributed by atoms with van der Waals surface area (Å²) in [6.07, 6.45) is 0. The molecule has 0 unspecified atom stereocenters. The lowest BCUT2D eigenvalue weighted by Gasteiger charge is -2.14. The van der Waals surface area contributed by atoms with Crippen molar-refractivity contribution in [2.45, 2.75) is 23.3 Å². The molecule has 3 aromatic rings. The van der Waals surface area contributed by atoms with Crippen LogP contribution in [0, 0.1) is 6.92 Å². The number of aryl methyl sites for hydroxylation is 1. The molecule has 3 aromatic carbocycles. The SMILES string of the molecule is Cc1ccc(S(=O)(=O)c2cc(Cl)ccc2NCC(=O)NCc2ccccc2)cc1. The smallest absolute Gasteiger partial charge is 0.239 e. The summed E-state index contributed by atoms with van der Waals surface area (Å²) in [6, 6.07) is 20.7. The summed E-state index contributed by atoms with van der Waals surface area (Å²) in [5.74, 6) is -0.248. The Hall–Kier alpha value is -2.83. The molecule has 150 valence electrons. The number of hydrogen-bond donors (Lipinski definition) is 2. The largest absolute Gasteiger partial charge is 0.375 e. The number of sulfone groups is 1. The number of benzene rings is 3. The molecule has 0 aliphatic carbocycles. The Morgan fingerprint density at radius 3 is 2.34 bits per heavy atom. The number of nitrogens with one attached hydrogen (secondary N) is 2. The minimum atomic E-state index is -3.79. The van der Waals surface area contributed by atoms with Gasteiger partial charge in [0.15, 0.2) is 0 Å². The number of hydrogen-bond acceptors (Lipinski definition) is 4. The van der Waals surface area contributed by atoms with Crippen molar-refractivity contribution in [2.75, 3.05) is 11.9 Å². The third-order valence-electron chi connectivity index (χ3n) is 4.34. The zero-order valence-corrected chi connectivity index (χ0v) is 17.4. The second-order valence-electron chi connectivity index (χ2n) is 6.57. The molecule has 29 heavy (non-hydrogen) atoms. The van der Waals surface area contributed by atoms with E-state index in [1.807, 2.05) is 37.3 Å². The number of amides is 1. The highest BCUT2D eigenvalue weighted by atomic mass is 35.5. The molecule has 0 spiro atoms. The van der Waals surface area contributed by atoms with Crippen LogP contribution in [0.15, 0.2) is 82.6 Å². The van der Waals surface area contributed by atoms with Gasteiger partial charge in [-0.15, -0.1) is 0 Å². The van der Waals surface area contributed by atoms with Crippen LogP contribution in [-0.4, -0.2) is 20.9 Å². The summed E-state index contributed by atoms with van der Waals surface area (Å²) in [6.45, 7) is 2.22. The van der Waals surface area contributed by atoms with Crippen molar-refractivity contribution in [3.63, 3.8) is 0 Å². The first-order valence-corrected chi connectivity index (χ1v) is 10.9. The molecular weight excluding hydrogens is 408 g/mol. The van der Waals surface area contributed by atoms with Crippen LogP contribution in [0.3, 0.4) is 0 Å². The Balaban J connectivity index is 1.75. The van der Waals surface area contributed by atoms with E-state index in [2.05, 4.69) is 10.6 Å². The van der Waals surface area contributed by atoms with Gasteiger partial charge in [0, 0.05) is 11.6 Å². The maximum atomic E-state index is 13.1. The van der Waals surface area contributed by atoms with E-state index in [-0.39, 0.29) is 22.2 Å². The van der Waals surface area contributed by atoms with Gasteiger partial charge in [0.2, 0.25) is 15.7 Å². The van der Waals surface area contributed by atoms with Crippen molar-refractivity contribution >= 4 is 33.0 Å². The van der Waals surface area contributed by atoms with Crippen molar-refractivity contribution in [1.29, 1.82) is 0 Å². The minimum absolute atomic E-state index is 0.0321. The Labute approximate surface area is 175 Å². The Morgan fingerprint density at radius 2 is 1.66 bits per heavy atom. The molecule has 0 saturated heterocycles. The molecule has 0 saturated carbocycles. The summed E-state index contributed by atoms with van der Waals surface area (Å²) >= 11 is 6.04. The molecular formula is C22H21ClN2O3S. The van der Waals surface area contributed by atoms with Crippen LogP contribution in [0.1, 0.15) is 11.1 Å². The molecule has 3 rings (SSSR count). The highest BCUT2D eigenvalue weighted by Crippen LogP contribution is 2.30. The van der Waals surface area contributed by atoms with Crippen molar-refractivity contribution in [1.82, 2.24) is 5.32 Å². The summed E-state index contributed by atoms with van der Waals surface area (Å²) in [5, 5.41) is 6.01. The van der Waals surface area contributed by atoms with Crippen molar-refractivity contribution in [3.05, 3.63) is 88.9 Å². The lowest BCUT2D eigenvalue weighted by molar-refractivity contribution is -0.119. The first-order valence-electron chi connectivity index (χ1n) is 9.02. The zero-order chi connectivity index (χ0) is 20.9. The van der Waals surface area contributed by atoms with Gasteiger partial charge in [-0.3, -0.25) is 4.79 Å². The van der Waals surface area contributed by atoms with Crippen molar-refractivity contribution < 1.29 is 13.2 Å². The van der Waals surface area contributed by atoms with E-state index >= 15 is 0 Å². The molecule has 0 radical (unpaired) electrons. The monoisotopic (exact) mass is 428 g/mol. The van der Waals surface area contributed by atoms with E-state index in [0.29, 0.717) is 17.3 Å². The average Bonchev–Trinajstić information content (AvgIpc) is 2.72. The number of carbonyl (C=O) groups excluding carboxylic acids is 1. The topological polar surface area (TPSA) is 75.3 Å². The van der Waals surface area contributed by atoms with Crippen LogP contribution in [0.2, 0.25) is 5.02 Å². The van der Waals surface area contributed by atoms with E-state index in [4.69, 9.17) is 11.6 Å². The molecule has 0 aromatic heterocycles. The summed E-state index contributed by atoms with van der Waals surface area (Å²) in [5.41, 5.74) is 2.27. The van der Waals surface area contributed by atoms with Gasteiger partial charge in [0.1, 0.15) is 0 Å². The van der Waals surface area contributed by atoms with Crippen LogP contribution < -0.4 is 10.6 Å². The van der Waals surface area contributed by atoms with E-state index in [1.165, 1.54) is 6.07 Å². The van der Waals surface area contributed by atoms with E-state index in [1.54, 1.807) is 36.4 Å². The number of anilines is 1. The fourth-order valence-corrected chi connectivity index (χ4v) is 4.44. The minimum Gasteiger partial charge on any atom is -0.375 e. The molecule has 0 bridgehead atoms. The van der Waals surface area contributed by atoms with Gasteiger partial charge in [-0.2, -0.15) is 0 Å². The lowest BCUT2D eigenvalue weighted by Crippen LogP contribution is -2.29. The van der Waals surface area contributed by atoms with Gasteiger partial charge in [0.05, 0.1) is 22.0 Å². The fraction of sp³-hybridized carbons (Fsp3) is 0.136. The predicted molar refractivity (Wildman–Crippen MR) is 115 cm³/mol. The van der Waals surface area contributed by atoms with Crippen LogP contribution >= 0.6 is 11.6 Å². The Morgan fingerprint density at radius 1 is 0.966 bits per heavy atom. The Bertz CT molecular complexity index is 1100. The maximum Gasteiger partial charge on any atom is 0.239 e. The summed E-state index contributed by atoms with van der Waals surface area (Å²) < 4.78 is 26.1. The van der Waals surface area contributed by atoms with Gasteiger partial charge in [0.25, 0.3) is 0 Å². The second-order valence-corrected chi connectivity index (χ2v) is 8.93. The molecule has 0 aliphatic rings. The zero-order valence-electron chi connectivity index (χ0n) is 15.9. The Kier molecular flexibility index (Phi) is 6.56. The third kappa shape index (κ3) is 5.37. The molecule has 0 fully saturated rings. The van der Waals surface area contributed by atoms with Gasteiger partial charge < -0.3 is 10.6 Å². The second kappa shape index (κ2) is 9.11. The molecule has 0 aliphatic heterocycles. The van der Waals surface area contributed by atoms with Crippen LogP contribution in [0.5, 0.6) is 0 Å². The van der Waals surface area contributed by atoms with Gasteiger partial charge >= 0.3 is 0 Å². The number of carbonyl (C=O) groups is 1. The molecule has 7 heteroatoms. The van der Waals surface area contributed by atoms with E-state index in [0.717, 1.165) is 11.1 Å². The third-order valence-corrected chi connectivity index (χ3v) is 6.38. The maximum absolute atomic E-state index is 13.1. The number of halogens is 1. The standard InChI is InChI=1S/C22H21ClN2O3S/c1-16-7-10-19(11-8-16)29(27,28)21-13-18(23)9-12-20(21)24-15-22(26)25-14-17-5-3-2-4-6-17/h2-13,24H,14-15H2,1H3,(H,25,26). The quantitative estimate of drug-likeness (QED) is 0.591. The summed E-state index contributed by atoms with van der Waals surface area (Å²) in [7, 11) is -3.79. The van der Waals surface area contributed by atoms with Crippen LogP contribution in [0.4, 0.5) is 5.69 Å². The molecule has 1 amide bonds. The van der Waals surface area contributed by atoms with Crippen LogP contribution in [0.25, 0.3) is 0 Å². The molecule has 2 N–H and O–H groups in total. The highest BCUT2D eigenvalue weighted by molar-refractivity contribution is 7.91. The van der Waals surface area contributed by atoms with Gasteiger partial charge in [-0.25, -0.2) is 8.42 Å². The van der Waals surface area contributed by atoms with E-state index in [9.17, 15) is 13.2 Å². The molecule has 5 nitrogen and oxygen atoms in total. The van der Waals surface area contributed by atoms with Crippen molar-refractivity contribution in [2.24, 2.45) is 0 Å². The molecule has 0 heterocycles.